The van der Waals surface area contributed by atoms with Crippen molar-refractivity contribution < 1.29 is 0 Å². The van der Waals surface area contributed by atoms with Crippen molar-refractivity contribution in [1.82, 2.24) is 20.5 Å². The van der Waals surface area contributed by atoms with Crippen LogP contribution in [0.4, 0.5) is 0 Å². The summed E-state index contributed by atoms with van der Waals surface area (Å²) in [5.41, 5.74) is 4.02. The molecule has 1 fully saturated rings. The second kappa shape index (κ2) is 5.02. The standard InChI is InChI=1S/C16H20N4/c1-2-5-11(4-1)15-18-16(20-19-15)14-7-3-6-12-10-17-9-8-13(12)14/h3,6-7,11,17H,1-2,4-5,8-10H2,(H,18,19,20). The lowest BCUT2D eigenvalue weighted by Crippen LogP contribution is -2.24. The first-order chi connectivity index (χ1) is 9.92. The number of benzene rings is 1. The van der Waals surface area contributed by atoms with Crippen LogP contribution in [0.5, 0.6) is 0 Å². The summed E-state index contributed by atoms with van der Waals surface area (Å²) in [6.07, 6.45) is 6.23. The number of rotatable bonds is 2. The Hall–Kier alpha value is -1.68. The Morgan fingerprint density at radius 1 is 1.15 bits per heavy atom. The minimum Gasteiger partial charge on any atom is -0.312 e. The molecule has 4 nitrogen and oxygen atoms in total. The summed E-state index contributed by atoms with van der Waals surface area (Å²) in [6.45, 7) is 2.01. The van der Waals surface area contributed by atoms with Crippen LogP contribution in [-0.4, -0.2) is 21.7 Å². The van der Waals surface area contributed by atoms with Gasteiger partial charge in [-0.05, 0) is 36.9 Å². The number of H-pyrrole nitrogens is 1. The molecule has 0 saturated heterocycles. The molecule has 0 unspecified atom stereocenters. The van der Waals surface area contributed by atoms with Gasteiger partial charge < -0.3 is 5.32 Å². The second-order valence-electron chi connectivity index (χ2n) is 5.90. The Morgan fingerprint density at radius 3 is 2.95 bits per heavy atom. The highest BCUT2D eigenvalue weighted by molar-refractivity contribution is 5.62. The molecule has 1 aliphatic carbocycles. The van der Waals surface area contributed by atoms with Crippen molar-refractivity contribution in [2.45, 2.75) is 44.6 Å². The molecule has 0 radical (unpaired) electrons. The van der Waals surface area contributed by atoms with Crippen molar-refractivity contribution in [1.29, 1.82) is 0 Å². The molecule has 0 spiro atoms. The van der Waals surface area contributed by atoms with E-state index in [1.807, 2.05) is 0 Å². The van der Waals surface area contributed by atoms with E-state index in [4.69, 9.17) is 4.98 Å². The molecule has 20 heavy (non-hydrogen) atoms. The van der Waals surface area contributed by atoms with Gasteiger partial charge in [0.25, 0.3) is 0 Å². The van der Waals surface area contributed by atoms with E-state index in [1.54, 1.807) is 0 Å². The Labute approximate surface area is 119 Å². The Balaban J connectivity index is 1.70. The van der Waals surface area contributed by atoms with Crippen molar-refractivity contribution in [3.8, 4) is 11.4 Å². The highest BCUT2D eigenvalue weighted by atomic mass is 15.2. The fraction of sp³-hybridized carbons (Fsp3) is 0.500. The molecule has 1 saturated carbocycles. The maximum Gasteiger partial charge on any atom is 0.181 e. The van der Waals surface area contributed by atoms with Gasteiger partial charge in [0.15, 0.2) is 5.82 Å². The summed E-state index contributed by atoms with van der Waals surface area (Å²) < 4.78 is 0. The van der Waals surface area contributed by atoms with Crippen molar-refractivity contribution in [3.05, 3.63) is 35.2 Å². The topological polar surface area (TPSA) is 53.6 Å². The van der Waals surface area contributed by atoms with Gasteiger partial charge in [0.05, 0.1) is 0 Å². The van der Waals surface area contributed by atoms with E-state index < -0.39 is 0 Å². The van der Waals surface area contributed by atoms with Gasteiger partial charge in [-0.25, -0.2) is 4.98 Å². The fourth-order valence-corrected chi connectivity index (χ4v) is 3.52. The Morgan fingerprint density at radius 2 is 2.05 bits per heavy atom. The minimum atomic E-state index is 0.595. The van der Waals surface area contributed by atoms with Gasteiger partial charge in [0.1, 0.15) is 5.82 Å². The Bertz CT molecular complexity index is 611. The highest BCUT2D eigenvalue weighted by Gasteiger charge is 2.22. The predicted molar refractivity (Wildman–Crippen MR) is 78.4 cm³/mol. The molecule has 0 bridgehead atoms. The number of fused-ring (bicyclic) bond motifs is 1. The minimum absolute atomic E-state index is 0.595. The van der Waals surface area contributed by atoms with E-state index in [1.165, 1.54) is 42.4 Å². The van der Waals surface area contributed by atoms with Crippen LogP contribution in [-0.2, 0) is 13.0 Å². The van der Waals surface area contributed by atoms with Gasteiger partial charge in [-0.2, -0.15) is 5.10 Å². The van der Waals surface area contributed by atoms with Gasteiger partial charge in [-0.1, -0.05) is 31.0 Å². The average molecular weight is 268 g/mol. The maximum atomic E-state index is 4.78. The van der Waals surface area contributed by atoms with E-state index in [-0.39, 0.29) is 0 Å². The van der Waals surface area contributed by atoms with E-state index >= 15 is 0 Å². The van der Waals surface area contributed by atoms with Crippen molar-refractivity contribution >= 4 is 0 Å². The number of nitrogens with one attached hydrogen (secondary N) is 2. The van der Waals surface area contributed by atoms with Crippen LogP contribution >= 0.6 is 0 Å². The molecule has 0 atom stereocenters. The fourth-order valence-electron chi connectivity index (χ4n) is 3.52. The largest absolute Gasteiger partial charge is 0.312 e. The molecule has 2 N–H and O–H groups in total. The number of hydrogen-bond donors (Lipinski definition) is 2. The van der Waals surface area contributed by atoms with Gasteiger partial charge in [-0.15, -0.1) is 0 Å². The quantitative estimate of drug-likeness (QED) is 0.880. The molecule has 1 aromatic carbocycles. The number of nitrogens with zero attached hydrogens (tertiary/aromatic N) is 2. The molecule has 2 aromatic rings. The van der Waals surface area contributed by atoms with Gasteiger partial charge in [0, 0.05) is 18.0 Å². The van der Waals surface area contributed by atoms with Crippen molar-refractivity contribution in [3.63, 3.8) is 0 Å². The van der Waals surface area contributed by atoms with Crippen LogP contribution in [0.15, 0.2) is 18.2 Å². The molecular formula is C16H20N4. The van der Waals surface area contributed by atoms with Crippen LogP contribution in [0.3, 0.4) is 0 Å². The molecule has 2 aliphatic rings. The number of hydrogen-bond acceptors (Lipinski definition) is 3. The predicted octanol–water partition coefficient (Wildman–Crippen LogP) is 2.78. The second-order valence-corrected chi connectivity index (χ2v) is 5.90. The summed E-state index contributed by atoms with van der Waals surface area (Å²) >= 11 is 0. The van der Waals surface area contributed by atoms with Crippen LogP contribution < -0.4 is 5.32 Å². The monoisotopic (exact) mass is 268 g/mol. The Kier molecular flexibility index (Phi) is 3.03. The molecular weight excluding hydrogens is 248 g/mol. The summed E-state index contributed by atoms with van der Waals surface area (Å²) in [4.78, 5) is 4.78. The summed E-state index contributed by atoms with van der Waals surface area (Å²) in [5.74, 6) is 2.56. The lowest BCUT2D eigenvalue weighted by Gasteiger charge is -2.19. The summed E-state index contributed by atoms with van der Waals surface area (Å²) in [7, 11) is 0. The number of aromatic nitrogens is 3. The SMILES string of the molecule is c1cc2c(c(-c3n[nH]c(C4CCCC4)n3)c1)CCNC2. The normalized spacial score (nSPS) is 19.2. The molecule has 1 aromatic heterocycles. The lowest BCUT2D eigenvalue weighted by atomic mass is 9.95. The third kappa shape index (κ3) is 2.04. The average Bonchev–Trinajstić information content (AvgIpc) is 3.17. The molecule has 2 heterocycles. The van der Waals surface area contributed by atoms with Crippen LogP contribution in [0.2, 0.25) is 0 Å². The lowest BCUT2D eigenvalue weighted by molar-refractivity contribution is 0.644. The van der Waals surface area contributed by atoms with E-state index in [9.17, 15) is 0 Å². The van der Waals surface area contributed by atoms with E-state index in [2.05, 4.69) is 33.7 Å². The highest BCUT2D eigenvalue weighted by Crippen LogP contribution is 2.33. The molecule has 104 valence electrons. The van der Waals surface area contributed by atoms with Gasteiger partial charge >= 0.3 is 0 Å². The third-order valence-corrected chi connectivity index (χ3v) is 4.63. The van der Waals surface area contributed by atoms with Gasteiger partial charge in [-0.3, -0.25) is 5.10 Å². The first-order valence-electron chi connectivity index (χ1n) is 7.66. The maximum absolute atomic E-state index is 4.78. The zero-order chi connectivity index (χ0) is 13.4. The molecule has 0 amide bonds. The first-order valence-corrected chi connectivity index (χ1v) is 7.66. The van der Waals surface area contributed by atoms with Gasteiger partial charge in [0.2, 0.25) is 0 Å². The third-order valence-electron chi connectivity index (χ3n) is 4.63. The first kappa shape index (κ1) is 12.1. The van der Waals surface area contributed by atoms with Crippen LogP contribution in [0, 0.1) is 0 Å². The zero-order valence-electron chi connectivity index (χ0n) is 11.7. The van der Waals surface area contributed by atoms with E-state index in [0.29, 0.717) is 5.92 Å². The summed E-state index contributed by atoms with van der Waals surface area (Å²) in [5, 5.41) is 11.1. The molecule has 4 rings (SSSR count). The molecule has 1 aliphatic heterocycles. The van der Waals surface area contributed by atoms with E-state index in [0.717, 1.165) is 31.2 Å². The number of aromatic amines is 1. The smallest absolute Gasteiger partial charge is 0.181 e. The summed E-state index contributed by atoms with van der Waals surface area (Å²) in [6, 6.07) is 6.48. The van der Waals surface area contributed by atoms with Crippen molar-refractivity contribution in [2.75, 3.05) is 6.54 Å². The van der Waals surface area contributed by atoms with Crippen LogP contribution in [0.1, 0.15) is 48.6 Å². The van der Waals surface area contributed by atoms with Crippen molar-refractivity contribution in [2.24, 2.45) is 0 Å². The van der Waals surface area contributed by atoms with Crippen LogP contribution in [0.25, 0.3) is 11.4 Å². The zero-order valence-corrected chi connectivity index (χ0v) is 11.7. The molecule has 4 heteroatoms.